The molecule has 0 aliphatic rings. The molecular formula is C13H12ClNO6. The van der Waals surface area contributed by atoms with Crippen LogP contribution in [-0.4, -0.2) is 37.6 Å². The molecule has 0 aliphatic carbocycles. The summed E-state index contributed by atoms with van der Waals surface area (Å²) < 4.78 is 20.8. The molecule has 1 N–H and O–H groups in total. The molecule has 0 aliphatic heterocycles. The predicted octanol–water partition coefficient (Wildman–Crippen LogP) is 2.72. The molecule has 112 valence electrons. The average Bonchev–Trinajstić information content (AvgIpc) is 2.95. The largest absolute Gasteiger partial charge is 0.494 e. The molecule has 0 saturated carbocycles. The fourth-order valence-corrected chi connectivity index (χ4v) is 2.13. The van der Waals surface area contributed by atoms with Gasteiger partial charge >= 0.3 is 5.97 Å². The van der Waals surface area contributed by atoms with Crippen molar-refractivity contribution < 1.29 is 28.6 Å². The number of benzene rings is 1. The van der Waals surface area contributed by atoms with Crippen molar-refractivity contribution in [3.63, 3.8) is 0 Å². The molecular weight excluding hydrogens is 302 g/mol. The number of carbonyl (C=O) groups is 1. The number of aromatic carboxylic acids is 1. The van der Waals surface area contributed by atoms with E-state index in [2.05, 4.69) is 5.16 Å². The van der Waals surface area contributed by atoms with E-state index in [-0.39, 0.29) is 22.2 Å². The smallest absolute Gasteiger partial charge is 0.358 e. The number of carboxylic acid groups (broad SMARTS) is 1. The van der Waals surface area contributed by atoms with Gasteiger partial charge in [-0.1, -0.05) is 16.8 Å². The summed E-state index contributed by atoms with van der Waals surface area (Å²) in [6, 6.07) is 2.77. The van der Waals surface area contributed by atoms with Crippen LogP contribution in [0.4, 0.5) is 0 Å². The highest BCUT2D eigenvalue weighted by Crippen LogP contribution is 2.48. The van der Waals surface area contributed by atoms with Gasteiger partial charge in [0.25, 0.3) is 0 Å². The Morgan fingerprint density at radius 1 is 1.19 bits per heavy atom. The average molecular weight is 314 g/mol. The number of rotatable bonds is 5. The van der Waals surface area contributed by atoms with E-state index in [1.165, 1.54) is 33.5 Å². The highest BCUT2D eigenvalue weighted by Gasteiger charge is 2.25. The number of hydrogen-bond donors (Lipinski definition) is 1. The summed E-state index contributed by atoms with van der Waals surface area (Å²) in [5, 5.41) is 12.6. The molecule has 0 fully saturated rings. The van der Waals surface area contributed by atoms with E-state index in [1.54, 1.807) is 0 Å². The summed E-state index contributed by atoms with van der Waals surface area (Å²) in [4.78, 5) is 10.9. The van der Waals surface area contributed by atoms with Gasteiger partial charge in [0, 0.05) is 12.1 Å². The second-order valence-electron chi connectivity index (χ2n) is 3.88. The quantitative estimate of drug-likeness (QED) is 0.907. The number of aromatic nitrogens is 1. The van der Waals surface area contributed by atoms with E-state index >= 15 is 0 Å². The molecule has 0 saturated heterocycles. The summed E-state index contributed by atoms with van der Waals surface area (Å²) in [7, 11) is 4.31. The summed E-state index contributed by atoms with van der Waals surface area (Å²) >= 11 is 6.12. The van der Waals surface area contributed by atoms with Crippen molar-refractivity contribution in [3.8, 4) is 28.6 Å². The lowest BCUT2D eigenvalue weighted by molar-refractivity contribution is 0.0686. The summed E-state index contributed by atoms with van der Waals surface area (Å²) in [5.74, 6) is -0.153. The van der Waals surface area contributed by atoms with Crippen molar-refractivity contribution in [1.82, 2.24) is 5.16 Å². The topological polar surface area (TPSA) is 91.0 Å². The maximum Gasteiger partial charge on any atom is 0.358 e. The Bertz CT molecular complexity index is 682. The van der Waals surface area contributed by atoms with Crippen LogP contribution in [0.15, 0.2) is 16.7 Å². The van der Waals surface area contributed by atoms with Crippen LogP contribution in [0.1, 0.15) is 10.5 Å². The molecule has 1 aromatic carbocycles. The van der Waals surface area contributed by atoms with E-state index in [9.17, 15) is 4.79 Å². The van der Waals surface area contributed by atoms with Crippen molar-refractivity contribution in [1.29, 1.82) is 0 Å². The van der Waals surface area contributed by atoms with Gasteiger partial charge in [0.15, 0.2) is 28.7 Å². The number of carboxylic acids is 1. The van der Waals surface area contributed by atoms with E-state index in [0.717, 1.165) is 0 Å². The predicted molar refractivity (Wildman–Crippen MR) is 73.6 cm³/mol. The SMILES string of the molecule is COc1cc(Cl)c(OC)c(-c2cc(C(=O)O)no2)c1OC. The zero-order chi connectivity index (χ0) is 15.6. The molecule has 21 heavy (non-hydrogen) atoms. The van der Waals surface area contributed by atoms with E-state index in [0.29, 0.717) is 17.1 Å². The Morgan fingerprint density at radius 3 is 2.33 bits per heavy atom. The van der Waals surface area contributed by atoms with Gasteiger partial charge in [-0.25, -0.2) is 4.79 Å². The maximum atomic E-state index is 10.9. The minimum absolute atomic E-state index is 0.141. The molecule has 0 spiro atoms. The number of ether oxygens (including phenoxy) is 3. The van der Waals surface area contributed by atoms with Gasteiger partial charge in [0.05, 0.1) is 26.4 Å². The maximum absolute atomic E-state index is 10.9. The second-order valence-corrected chi connectivity index (χ2v) is 4.29. The molecule has 8 heteroatoms. The van der Waals surface area contributed by atoms with Crippen LogP contribution in [0.25, 0.3) is 11.3 Å². The van der Waals surface area contributed by atoms with E-state index in [4.69, 9.17) is 35.4 Å². The van der Waals surface area contributed by atoms with Crippen LogP contribution in [0.5, 0.6) is 17.2 Å². The normalized spacial score (nSPS) is 10.3. The van der Waals surface area contributed by atoms with Crippen molar-refractivity contribution in [3.05, 3.63) is 22.8 Å². The van der Waals surface area contributed by atoms with Crippen molar-refractivity contribution >= 4 is 17.6 Å². The number of halogens is 1. The first-order valence-corrected chi connectivity index (χ1v) is 6.10. The first-order chi connectivity index (χ1) is 10.0. The van der Waals surface area contributed by atoms with Crippen molar-refractivity contribution in [2.75, 3.05) is 21.3 Å². The Morgan fingerprint density at radius 2 is 1.86 bits per heavy atom. The van der Waals surface area contributed by atoms with Crippen LogP contribution in [0, 0.1) is 0 Å². The van der Waals surface area contributed by atoms with Gasteiger partial charge in [-0.05, 0) is 0 Å². The third kappa shape index (κ3) is 2.59. The first kappa shape index (κ1) is 15.0. The fraction of sp³-hybridized carbons (Fsp3) is 0.231. The Hall–Kier alpha value is -2.41. The Labute approximate surface area is 125 Å². The number of methoxy groups -OCH3 is 3. The van der Waals surface area contributed by atoms with Crippen molar-refractivity contribution in [2.24, 2.45) is 0 Å². The van der Waals surface area contributed by atoms with Crippen LogP contribution in [0.3, 0.4) is 0 Å². The molecule has 2 aromatic rings. The van der Waals surface area contributed by atoms with Gasteiger partial charge < -0.3 is 23.8 Å². The third-order valence-electron chi connectivity index (χ3n) is 2.76. The fourth-order valence-electron chi connectivity index (χ4n) is 1.86. The molecule has 2 rings (SSSR count). The molecule has 0 amide bonds. The van der Waals surface area contributed by atoms with Gasteiger partial charge in [0.1, 0.15) is 5.56 Å². The number of nitrogens with zero attached hydrogens (tertiary/aromatic N) is 1. The van der Waals surface area contributed by atoms with Crippen LogP contribution in [0.2, 0.25) is 5.02 Å². The zero-order valence-corrected chi connectivity index (χ0v) is 12.2. The molecule has 1 aromatic heterocycles. The Balaban J connectivity index is 2.74. The lowest BCUT2D eigenvalue weighted by Gasteiger charge is -2.15. The highest BCUT2D eigenvalue weighted by molar-refractivity contribution is 6.33. The minimum Gasteiger partial charge on any atom is -0.494 e. The summed E-state index contributed by atoms with van der Waals surface area (Å²) in [5.41, 5.74) is 0.0809. The van der Waals surface area contributed by atoms with Crippen molar-refractivity contribution in [2.45, 2.75) is 0 Å². The highest BCUT2D eigenvalue weighted by atomic mass is 35.5. The van der Waals surface area contributed by atoms with Crippen LogP contribution < -0.4 is 14.2 Å². The summed E-state index contributed by atoms with van der Waals surface area (Å²) in [6.45, 7) is 0. The molecule has 0 bridgehead atoms. The lowest BCUT2D eigenvalue weighted by atomic mass is 10.1. The minimum atomic E-state index is -1.21. The zero-order valence-electron chi connectivity index (χ0n) is 11.5. The lowest BCUT2D eigenvalue weighted by Crippen LogP contribution is -1.97. The monoisotopic (exact) mass is 313 g/mol. The second kappa shape index (κ2) is 5.92. The molecule has 0 atom stereocenters. The summed E-state index contributed by atoms with van der Waals surface area (Å²) in [6.07, 6.45) is 0. The molecule has 1 heterocycles. The Kier molecular flexibility index (Phi) is 4.23. The van der Waals surface area contributed by atoms with E-state index < -0.39 is 5.97 Å². The van der Waals surface area contributed by atoms with Gasteiger partial charge in [-0.3, -0.25) is 0 Å². The van der Waals surface area contributed by atoms with Gasteiger partial charge in [-0.2, -0.15) is 0 Å². The third-order valence-corrected chi connectivity index (χ3v) is 3.04. The van der Waals surface area contributed by atoms with Gasteiger partial charge in [-0.15, -0.1) is 0 Å². The van der Waals surface area contributed by atoms with Gasteiger partial charge in [0.2, 0.25) is 0 Å². The molecule has 0 unspecified atom stereocenters. The molecule has 7 nitrogen and oxygen atoms in total. The number of hydrogen-bond acceptors (Lipinski definition) is 6. The van der Waals surface area contributed by atoms with E-state index in [1.807, 2.05) is 0 Å². The molecule has 0 radical (unpaired) electrons. The first-order valence-electron chi connectivity index (χ1n) is 5.72. The van der Waals surface area contributed by atoms with Crippen LogP contribution >= 0.6 is 11.6 Å². The van der Waals surface area contributed by atoms with Crippen LogP contribution in [-0.2, 0) is 0 Å². The standard InChI is InChI=1S/C13H12ClNO6/c1-18-9-4-6(14)11(19-2)10(12(9)20-3)8-5-7(13(16)17)15-21-8/h4-5H,1-3H3,(H,16,17).